The van der Waals surface area contributed by atoms with Crippen molar-refractivity contribution in [2.24, 2.45) is 5.16 Å². The van der Waals surface area contributed by atoms with Crippen LogP contribution in [0, 0.1) is 0 Å². The largest absolute Gasteiger partial charge is 0.466 e. The fourth-order valence-corrected chi connectivity index (χ4v) is 1.96. The molecule has 1 aromatic rings. The molecule has 1 N–H and O–H groups in total. The van der Waals surface area contributed by atoms with Gasteiger partial charge in [0.15, 0.2) is 0 Å². The van der Waals surface area contributed by atoms with Gasteiger partial charge >= 0.3 is 5.97 Å². The number of amides is 1. The zero-order valence-electron chi connectivity index (χ0n) is 11.9. The number of carbonyl (C=O) groups excluding carboxylic acids is 2. The van der Waals surface area contributed by atoms with Gasteiger partial charge < -0.3 is 14.9 Å². The minimum atomic E-state index is -0.415. The van der Waals surface area contributed by atoms with E-state index >= 15 is 0 Å². The van der Waals surface area contributed by atoms with E-state index in [1.54, 1.807) is 6.92 Å². The number of carbonyl (C=O) groups is 2. The van der Waals surface area contributed by atoms with Crippen LogP contribution in [0.5, 0.6) is 0 Å². The molecule has 0 saturated heterocycles. The Morgan fingerprint density at radius 1 is 1.38 bits per heavy atom. The van der Waals surface area contributed by atoms with Crippen LogP contribution < -0.4 is 5.32 Å². The fraction of sp³-hybridized carbons (Fsp3) is 0.400. The molecule has 0 bridgehead atoms. The number of hydrogen-bond donors (Lipinski definition) is 1. The molecule has 0 radical (unpaired) electrons. The quantitative estimate of drug-likeness (QED) is 0.803. The molecule has 0 fully saturated rings. The van der Waals surface area contributed by atoms with Crippen molar-refractivity contribution in [2.75, 3.05) is 6.61 Å². The number of hydrogen-bond acceptors (Lipinski definition) is 5. The third-order valence-electron chi connectivity index (χ3n) is 2.99. The first-order valence-electron chi connectivity index (χ1n) is 6.89. The van der Waals surface area contributed by atoms with E-state index in [0.29, 0.717) is 25.3 Å². The second-order valence-electron chi connectivity index (χ2n) is 4.65. The molecule has 6 nitrogen and oxygen atoms in total. The summed E-state index contributed by atoms with van der Waals surface area (Å²) in [6.45, 7) is 2.50. The molecule has 1 aliphatic rings. The molecule has 112 valence electrons. The topological polar surface area (TPSA) is 77.0 Å². The summed E-state index contributed by atoms with van der Waals surface area (Å²) in [7, 11) is 0. The van der Waals surface area contributed by atoms with Gasteiger partial charge in [0.05, 0.1) is 13.0 Å². The zero-order valence-corrected chi connectivity index (χ0v) is 11.9. The molecule has 1 aromatic carbocycles. The highest BCUT2D eigenvalue weighted by Crippen LogP contribution is 2.14. The highest BCUT2D eigenvalue weighted by atomic mass is 16.6. The van der Waals surface area contributed by atoms with Gasteiger partial charge in [-0.2, -0.15) is 0 Å². The average Bonchev–Trinajstić information content (AvgIpc) is 2.94. The highest BCUT2D eigenvalue weighted by Gasteiger charge is 2.28. The Balaban J connectivity index is 1.76. The maximum Gasteiger partial charge on any atom is 0.309 e. The molecule has 0 saturated carbocycles. The Kier molecular flexibility index (Phi) is 5.31. The van der Waals surface area contributed by atoms with Gasteiger partial charge in [-0.25, -0.2) is 0 Å². The van der Waals surface area contributed by atoms with Gasteiger partial charge in [0.25, 0.3) is 5.91 Å². The van der Waals surface area contributed by atoms with Crippen molar-refractivity contribution in [1.29, 1.82) is 0 Å². The van der Waals surface area contributed by atoms with Gasteiger partial charge in [0.1, 0.15) is 11.8 Å². The summed E-state index contributed by atoms with van der Waals surface area (Å²) < 4.78 is 4.83. The monoisotopic (exact) mass is 290 g/mol. The van der Waals surface area contributed by atoms with E-state index in [2.05, 4.69) is 10.5 Å². The summed E-state index contributed by atoms with van der Waals surface area (Å²) >= 11 is 0. The first-order valence-corrected chi connectivity index (χ1v) is 6.89. The van der Waals surface area contributed by atoms with Crippen molar-refractivity contribution in [3.05, 3.63) is 35.9 Å². The van der Waals surface area contributed by atoms with Gasteiger partial charge in [-0.3, -0.25) is 9.59 Å². The van der Waals surface area contributed by atoms with E-state index in [1.807, 2.05) is 30.3 Å². The van der Waals surface area contributed by atoms with Crippen molar-refractivity contribution >= 4 is 17.6 Å². The van der Waals surface area contributed by atoms with Crippen LogP contribution >= 0.6 is 0 Å². The number of nitrogens with zero attached hydrogens (tertiary/aromatic N) is 1. The Labute approximate surface area is 123 Å². The Morgan fingerprint density at radius 2 is 2.14 bits per heavy atom. The number of rotatable bonds is 6. The molecule has 1 atom stereocenters. The molecule has 2 rings (SSSR count). The van der Waals surface area contributed by atoms with E-state index in [4.69, 9.17) is 9.57 Å². The van der Waals surface area contributed by atoms with Gasteiger partial charge in [-0.1, -0.05) is 35.5 Å². The molecule has 0 aromatic heterocycles. The zero-order chi connectivity index (χ0) is 15.1. The molecule has 0 unspecified atom stereocenters. The van der Waals surface area contributed by atoms with Crippen LogP contribution in [0.15, 0.2) is 35.5 Å². The standard InChI is InChI=1S/C15H18N2O4/c1-2-20-14(18)9-12-8-13(17-21-12)15(19)16-10-11-6-4-3-5-7-11/h3-7,12H,2,8-10H2,1H3,(H,16,19)/t12-/m1/s1. The van der Waals surface area contributed by atoms with Crippen LogP contribution in [-0.2, 0) is 25.7 Å². The normalized spacial score (nSPS) is 16.8. The second kappa shape index (κ2) is 7.42. The predicted molar refractivity (Wildman–Crippen MR) is 76.5 cm³/mol. The molecular weight excluding hydrogens is 272 g/mol. The summed E-state index contributed by atoms with van der Waals surface area (Å²) in [5.74, 6) is -0.617. The molecule has 1 aliphatic heterocycles. The Hall–Kier alpha value is -2.37. The maximum atomic E-state index is 11.9. The fourth-order valence-electron chi connectivity index (χ4n) is 1.96. The lowest BCUT2D eigenvalue weighted by molar-refractivity contribution is -0.145. The molecule has 0 spiro atoms. The molecule has 21 heavy (non-hydrogen) atoms. The summed E-state index contributed by atoms with van der Waals surface area (Å²) in [6.07, 6.45) is 0.00761. The first-order chi connectivity index (χ1) is 10.2. The van der Waals surface area contributed by atoms with E-state index in [-0.39, 0.29) is 18.3 Å². The van der Waals surface area contributed by atoms with Crippen LogP contribution in [0.2, 0.25) is 0 Å². The lowest BCUT2D eigenvalue weighted by Crippen LogP contribution is -2.30. The van der Waals surface area contributed by atoms with Crippen molar-refractivity contribution in [2.45, 2.75) is 32.4 Å². The van der Waals surface area contributed by atoms with E-state index in [1.165, 1.54) is 0 Å². The molecule has 1 amide bonds. The first kappa shape index (κ1) is 15.0. The second-order valence-corrected chi connectivity index (χ2v) is 4.65. The smallest absolute Gasteiger partial charge is 0.309 e. The van der Waals surface area contributed by atoms with Gasteiger partial charge in [0, 0.05) is 13.0 Å². The summed E-state index contributed by atoms with van der Waals surface area (Å²) in [6, 6.07) is 9.59. The van der Waals surface area contributed by atoms with Crippen molar-refractivity contribution < 1.29 is 19.2 Å². The minimum Gasteiger partial charge on any atom is -0.466 e. The van der Waals surface area contributed by atoms with Crippen LogP contribution in [-0.4, -0.2) is 30.3 Å². The van der Waals surface area contributed by atoms with Crippen molar-refractivity contribution in [3.63, 3.8) is 0 Å². The number of oxime groups is 1. The lowest BCUT2D eigenvalue weighted by atomic mass is 10.1. The molecule has 1 heterocycles. The lowest BCUT2D eigenvalue weighted by Gasteiger charge is -2.07. The third kappa shape index (κ3) is 4.59. The van der Waals surface area contributed by atoms with Crippen LogP contribution in [0.1, 0.15) is 25.3 Å². The van der Waals surface area contributed by atoms with Crippen LogP contribution in [0.4, 0.5) is 0 Å². The van der Waals surface area contributed by atoms with Crippen molar-refractivity contribution in [1.82, 2.24) is 5.32 Å². The Bertz CT molecular complexity index is 528. The highest BCUT2D eigenvalue weighted by molar-refractivity contribution is 6.39. The van der Waals surface area contributed by atoms with E-state index in [9.17, 15) is 9.59 Å². The van der Waals surface area contributed by atoms with Gasteiger partial charge in [-0.15, -0.1) is 0 Å². The van der Waals surface area contributed by atoms with Crippen LogP contribution in [0.25, 0.3) is 0 Å². The van der Waals surface area contributed by atoms with Gasteiger partial charge in [0.2, 0.25) is 0 Å². The minimum absolute atomic E-state index is 0.104. The Morgan fingerprint density at radius 3 is 2.86 bits per heavy atom. The molecule has 0 aliphatic carbocycles. The average molecular weight is 290 g/mol. The number of esters is 1. The van der Waals surface area contributed by atoms with Crippen molar-refractivity contribution in [3.8, 4) is 0 Å². The summed E-state index contributed by atoms with van der Waals surface area (Å²) in [5, 5.41) is 6.51. The summed E-state index contributed by atoms with van der Waals surface area (Å²) in [5.41, 5.74) is 1.31. The molecular formula is C15H18N2O4. The summed E-state index contributed by atoms with van der Waals surface area (Å²) in [4.78, 5) is 28.4. The third-order valence-corrected chi connectivity index (χ3v) is 2.99. The van der Waals surface area contributed by atoms with Crippen LogP contribution in [0.3, 0.4) is 0 Å². The number of nitrogens with one attached hydrogen (secondary N) is 1. The number of benzene rings is 1. The predicted octanol–water partition coefficient (Wildman–Crippen LogP) is 1.40. The van der Waals surface area contributed by atoms with E-state index < -0.39 is 6.10 Å². The SMILES string of the molecule is CCOC(=O)C[C@H]1CC(C(=O)NCc2ccccc2)=NO1. The van der Waals surface area contributed by atoms with E-state index in [0.717, 1.165) is 5.56 Å². The van der Waals surface area contributed by atoms with Gasteiger partial charge in [-0.05, 0) is 12.5 Å². The number of ether oxygens (including phenoxy) is 1. The molecule has 6 heteroatoms. The maximum absolute atomic E-state index is 11.9.